The van der Waals surface area contributed by atoms with Crippen LogP contribution in [0.2, 0.25) is 0 Å². The van der Waals surface area contributed by atoms with Crippen LogP contribution in [0.5, 0.6) is 5.75 Å². The number of phenolic OH excluding ortho intramolecular Hbond substituents is 1. The van der Waals surface area contributed by atoms with E-state index in [4.69, 9.17) is 17.0 Å². The first-order valence-corrected chi connectivity index (χ1v) is 9.98. The Morgan fingerprint density at radius 1 is 1.22 bits per heavy atom. The molecule has 1 atom stereocenters. The third-order valence-electron chi connectivity index (χ3n) is 4.92. The molecule has 0 bridgehead atoms. The van der Waals surface area contributed by atoms with E-state index in [1.54, 1.807) is 6.07 Å². The fourth-order valence-electron chi connectivity index (χ4n) is 3.26. The van der Waals surface area contributed by atoms with Gasteiger partial charge in [-0.2, -0.15) is 0 Å². The van der Waals surface area contributed by atoms with Crippen LogP contribution in [0, 0.1) is 0 Å². The van der Waals surface area contributed by atoms with Crippen LogP contribution in [-0.2, 0) is 11.3 Å². The maximum absolute atomic E-state index is 10.2. The Hall–Kier alpha value is -2.11. The molecule has 0 aliphatic carbocycles. The summed E-state index contributed by atoms with van der Waals surface area (Å²) in [4.78, 5) is 2.08. The summed E-state index contributed by atoms with van der Waals surface area (Å²) >= 11 is 5.70. The topological polar surface area (TPSA) is 44.7 Å². The number of ether oxygens (including phenoxy) is 1. The van der Waals surface area contributed by atoms with Crippen molar-refractivity contribution in [2.75, 3.05) is 18.5 Å². The Kier molecular flexibility index (Phi) is 6.69. The number of nitrogens with zero attached hydrogens (tertiary/aromatic N) is 1. The first-order valence-electron chi connectivity index (χ1n) is 9.57. The molecule has 1 fully saturated rings. The Bertz CT molecular complexity index is 755. The molecule has 4 nitrogen and oxygen atoms in total. The Balaban J connectivity index is 1.72. The van der Waals surface area contributed by atoms with Crippen LogP contribution in [0.25, 0.3) is 0 Å². The maximum Gasteiger partial charge on any atom is 0.173 e. The number of anilines is 1. The molecule has 1 aliphatic rings. The lowest BCUT2D eigenvalue weighted by Crippen LogP contribution is -2.39. The highest BCUT2D eigenvalue weighted by molar-refractivity contribution is 7.80. The molecule has 3 rings (SSSR count). The van der Waals surface area contributed by atoms with Gasteiger partial charge in [0.05, 0.1) is 6.10 Å². The van der Waals surface area contributed by atoms with Crippen LogP contribution in [0.4, 0.5) is 5.69 Å². The van der Waals surface area contributed by atoms with Gasteiger partial charge in [-0.25, -0.2) is 0 Å². The molecule has 27 heavy (non-hydrogen) atoms. The average Bonchev–Trinajstić information content (AvgIpc) is 3.16. The molecule has 0 saturated carbocycles. The van der Waals surface area contributed by atoms with Gasteiger partial charge in [0.1, 0.15) is 5.75 Å². The minimum Gasteiger partial charge on any atom is -0.508 e. The number of nitrogens with one attached hydrogen (secondary N) is 1. The summed E-state index contributed by atoms with van der Waals surface area (Å²) in [6.45, 7) is 6.43. The molecule has 0 aromatic heterocycles. The SMILES string of the molecule is CC(C)c1ccc(NC(=S)N(Cc2ccccc2O)C[C@@H]2CCCO2)cc1. The number of thiocarbonyl (C=S) groups is 1. The van der Waals surface area contributed by atoms with Crippen molar-refractivity contribution in [1.82, 2.24) is 4.90 Å². The van der Waals surface area contributed by atoms with E-state index in [-0.39, 0.29) is 6.10 Å². The van der Waals surface area contributed by atoms with Gasteiger partial charge in [0.15, 0.2) is 5.11 Å². The number of benzene rings is 2. The highest BCUT2D eigenvalue weighted by Crippen LogP contribution is 2.22. The molecular formula is C22H28N2O2S. The number of hydrogen-bond acceptors (Lipinski definition) is 3. The van der Waals surface area contributed by atoms with Crippen LogP contribution < -0.4 is 5.32 Å². The molecule has 5 heteroatoms. The summed E-state index contributed by atoms with van der Waals surface area (Å²) in [5.41, 5.74) is 3.13. The molecule has 1 saturated heterocycles. The maximum atomic E-state index is 10.2. The predicted octanol–water partition coefficient (Wildman–Crippen LogP) is 4.89. The van der Waals surface area contributed by atoms with Crippen molar-refractivity contribution in [3.05, 3.63) is 59.7 Å². The first kappa shape index (κ1) is 19.6. The number of rotatable bonds is 6. The second kappa shape index (κ2) is 9.20. The quantitative estimate of drug-likeness (QED) is 0.694. The average molecular weight is 385 g/mol. The molecule has 1 aliphatic heterocycles. The third-order valence-corrected chi connectivity index (χ3v) is 5.28. The van der Waals surface area contributed by atoms with Crippen molar-refractivity contribution in [2.24, 2.45) is 0 Å². The minimum atomic E-state index is 0.180. The van der Waals surface area contributed by atoms with Gasteiger partial charge in [-0.3, -0.25) is 0 Å². The van der Waals surface area contributed by atoms with Crippen LogP contribution in [0.3, 0.4) is 0 Å². The molecule has 0 amide bonds. The van der Waals surface area contributed by atoms with Gasteiger partial charge in [-0.15, -0.1) is 0 Å². The zero-order valence-electron chi connectivity index (χ0n) is 16.0. The van der Waals surface area contributed by atoms with Gasteiger partial charge in [0.2, 0.25) is 0 Å². The van der Waals surface area contributed by atoms with Crippen LogP contribution >= 0.6 is 12.2 Å². The van der Waals surface area contributed by atoms with Gasteiger partial charge in [0.25, 0.3) is 0 Å². The van der Waals surface area contributed by atoms with E-state index in [0.717, 1.165) is 30.7 Å². The van der Waals surface area contributed by atoms with Crippen molar-refractivity contribution < 1.29 is 9.84 Å². The number of phenols is 1. The monoisotopic (exact) mass is 384 g/mol. The molecule has 0 spiro atoms. The standard InChI is InChI=1S/C22H28N2O2S/c1-16(2)17-9-11-19(12-10-17)23-22(27)24(15-20-7-5-13-26-20)14-18-6-3-4-8-21(18)25/h3-4,6,8-12,16,20,25H,5,7,13-15H2,1-2H3,(H,23,27)/t20-/m0/s1. The second-order valence-corrected chi connectivity index (χ2v) is 7.74. The van der Waals surface area contributed by atoms with E-state index in [2.05, 4.69) is 48.3 Å². The summed E-state index contributed by atoms with van der Waals surface area (Å²) in [7, 11) is 0. The molecule has 144 valence electrons. The molecule has 2 aromatic rings. The Morgan fingerprint density at radius 3 is 2.59 bits per heavy atom. The number of aromatic hydroxyl groups is 1. The van der Waals surface area contributed by atoms with E-state index < -0.39 is 0 Å². The van der Waals surface area contributed by atoms with E-state index in [9.17, 15) is 5.11 Å². The van der Waals surface area contributed by atoms with E-state index >= 15 is 0 Å². The minimum absolute atomic E-state index is 0.180. The molecule has 0 radical (unpaired) electrons. The Labute approximate surface area is 167 Å². The van der Waals surface area contributed by atoms with Crippen LogP contribution in [0.15, 0.2) is 48.5 Å². The van der Waals surface area contributed by atoms with Crippen LogP contribution in [0.1, 0.15) is 43.7 Å². The van der Waals surface area contributed by atoms with Crippen molar-refractivity contribution in [3.63, 3.8) is 0 Å². The summed E-state index contributed by atoms with van der Waals surface area (Å²) in [6, 6.07) is 15.8. The smallest absolute Gasteiger partial charge is 0.173 e. The molecule has 0 unspecified atom stereocenters. The van der Waals surface area contributed by atoms with E-state index in [0.29, 0.717) is 29.9 Å². The van der Waals surface area contributed by atoms with Gasteiger partial charge >= 0.3 is 0 Å². The highest BCUT2D eigenvalue weighted by Gasteiger charge is 2.22. The lowest BCUT2D eigenvalue weighted by Gasteiger charge is -2.28. The van der Waals surface area contributed by atoms with Crippen LogP contribution in [-0.4, -0.2) is 34.4 Å². The van der Waals surface area contributed by atoms with Crippen molar-refractivity contribution >= 4 is 23.0 Å². The lowest BCUT2D eigenvalue weighted by molar-refractivity contribution is 0.0904. The van der Waals surface area contributed by atoms with E-state index in [1.807, 2.05) is 18.2 Å². The summed E-state index contributed by atoms with van der Waals surface area (Å²) < 4.78 is 5.80. The molecular weight excluding hydrogens is 356 g/mol. The van der Waals surface area contributed by atoms with Gasteiger partial charge in [-0.05, 0) is 54.7 Å². The summed E-state index contributed by atoms with van der Waals surface area (Å²) in [5, 5.41) is 14.1. The second-order valence-electron chi connectivity index (χ2n) is 7.35. The van der Waals surface area contributed by atoms with E-state index in [1.165, 1.54) is 5.56 Å². The largest absolute Gasteiger partial charge is 0.508 e. The Morgan fingerprint density at radius 2 is 1.96 bits per heavy atom. The summed E-state index contributed by atoms with van der Waals surface area (Å²) in [6.07, 6.45) is 2.31. The van der Waals surface area contributed by atoms with Crippen molar-refractivity contribution in [1.29, 1.82) is 0 Å². The first-order chi connectivity index (χ1) is 13.0. The fraction of sp³-hybridized carbons (Fsp3) is 0.409. The molecule has 1 heterocycles. The normalized spacial score (nSPS) is 16.5. The zero-order chi connectivity index (χ0) is 19.2. The zero-order valence-corrected chi connectivity index (χ0v) is 16.8. The van der Waals surface area contributed by atoms with Crippen molar-refractivity contribution in [2.45, 2.75) is 45.3 Å². The molecule has 2 aromatic carbocycles. The molecule has 2 N–H and O–H groups in total. The van der Waals surface area contributed by atoms with Gasteiger partial charge in [0, 0.05) is 30.9 Å². The van der Waals surface area contributed by atoms with Gasteiger partial charge < -0.3 is 20.1 Å². The number of para-hydroxylation sites is 1. The van der Waals surface area contributed by atoms with Crippen molar-refractivity contribution in [3.8, 4) is 5.75 Å². The highest BCUT2D eigenvalue weighted by atomic mass is 32.1. The lowest BCUT2D eigenvalue weighted by atomic mass is 10.0. The number of hydrogen-bond donors (Lipinski definition) is 2. The van der Waals surface area contributed by atoms with Gasteiger partial charge in [-0.1, -0.05) is 44.2 Å². The summed E-state index contributed by atoms with van der Waals surface area (Å²) in [5.74, 6) is 0.794. The predicted molar refractivity (Wildman–Crippen MR) is 114 cm³/mol. The third kappa shape index (κ3) is 5.44. The fourth-order valence-corrected chi connectivity index (χ4v) is 3.51.